The minimum absolute atomic E-state index is 0.115. The summed E-state index contributed by atoms with van der Waals surface area (Å²) in [5.74, 6) is -1.79. The number of aliphatic imine (C=N–C) groups is 1. The predicted octanol–water partition coefficient (Wildman–Crippen LogP) is 2.96. The van der Waals surface area contributed by atoms with E-state index in [1.54, 1.807) is 24.4 Å². The number of hydrogen-bond donors (Lipinski definition) is 3. The first kappa shape index (κ1) is 27.5. The SMILES string of the molecule is CCCNC(=O)C1(c2nc(-c3ccc(F)cc3)c(-c3ccnc(NCCC[N+]4=CN=CC4)n3)[nH]2)OCC(C)CO1. The summed E-state index contributed by atoms with van der Waals surface area (Å²) < 4.78 is 28.0. The largest absolute Gasteiger partial charge is 0.354 e. The Bertz CT molecular complexity index is 1380. The van der Waals surface area contributed by atoms with Crippen molar-refractivity contribution >= 4 is 24.4 Å². The maximum Gasteiger partial charge on any atom is 0.310 e. The fourth-order valence-electron chi connectivity index (χ4n) is 4.43. The van der Waals surface area contributed by atoms with Crippen LogP contribution < -0.4 is 10.6 Å². The maximum atomic E-state index is 13.8. The van der Waals surface area contributed by atoms with E-state index in [1.165, 1.54) is 12.1 Å². The molecule has 0 saturated carbocycles. The second-order valence-corrected chi connectivity index (χ2v) is 9.90. The topological polar surface area (TPSA) is 129 Å². The smallest absolute Gasteiger partial charge is 0.310 e. The molecule has 0 unspecified atom stereocenters. The van der Waals surface area contributed by atoms with Crippen LogP contribution in [0.15, 0.2) is 41.5 Å². The molecule has 1 aromatic carbocycles. The van der Waals surface area contributed by atoms with Gasteiger partial charge in [-0.1, -0.05) is 18.8 Å². The molecule has 40 heavy (non-hydrogen) atoms. The lowest BCUT2D eigenvalue weighted by atomic mass is 10.1. The van der Waals surface area contributed by atoms with Gasteiger partial charge in [-0.25, -0.2) is 19.3 Å². The number of amides is 1. The van der Waals surface area contributed by atoms with E-state index in [0.29, 0.717) is 54.9 Å². The lowest BCUT2D eigenvalue weighted by Gasteiger charge is -2.36. The van der Waals surface area contributed by atoms with E-state index in [-0.39, 0.29) is 17.6 Å². The molecular formula is C28H34FN8O3+. The quantitative estimate of drug-likeness (QED) is 0.248. The second kappa shape index (κ2) is 12.4. The number of nitrogens with one attached hydrogen (secondary N) is 3. The Hall–Kier alpha value is -4.03. The van der Waals surface area contributed by atoms with Gasteiger partial charge in [0.1, 0.15) is 12.4 Å². The van der Waals surface area contributed by atoms with Gasteiger partial charge >= 0.3 is 5.79 Å². The van der Waals surface area contributed by atoms with Crippen LogP contribution in [0.1, 0.15) is 32.5 Å². The van der Waals surface area contributed by atoms with E-state index >= 15 is 0 Å². The highest BCUT2D eigenvalue weighted by Crippen LogP contribution is 2.37. The highest BCUT2D eigenvalue weighted by atomic mass is 19.1. The number of aromatic nitrogens is 4. The Morgan fingerprint density at radius 3 is 2.70 bits per heavy atom. The molecule has 0 aliphatic carbocycles. The number of anilines is 1. The average molecular weight is 550 g/mol. The molecule has 3 aromatic rings. The van der Waals surface area contributed by atoms with Crippen LogP contribution in [0.5, 0.6) is 0 Å². The number of hydrogen-bond acceptors (Lipinski definition) is 8. The van der Waals surface area contributed by atoms with E-state index < -0.39 is 11.7 Å². The number of H-pyrrole nitrogens is 1. The molecule has 11 nitrogen and oxygen atoms in total. The predicted molar refractivity (Wildman–Crippen MR) is 149 cm³/mol. The summed E-state index contributed by atoms with van der Waals surface area (Å²) in [5, 5.41) is 6.15. The van der Waals surface area contributed by atoms with E-state index in [2.05, 4.69) is 30.2 Å². The first-order valence-corrected chi connectivity index (χ1v) is 13.6. The van der Waals surface area contributed by atoms with Crippen LogP contribution in [0.25, 0.3) is 22.6 Å². The average Bonchev–Trinajstić information content (AvgIpc) is 3.66. The second-order valence-electron chi connectivity index (χ2n) is 9.90. The molecule has 2 aliphatic rings. The van der Waals surface area contributed by atoms with Crippen molar-refractivity contribution in [3.05, 3.63) is 48.2 Å². The molecule has 0 radical (unpaired) electrons. The van der Waals surface area contributed by atoms with Crippen molar-refractivity contribution in [2.24, 2.45) is 10.9 Å². The van der Waals surface area contributed by atoms with Gasteiger partial charge in [-0.05, 0) is 36.8 Å². The zero-order valence-electron chi connectivity index (χ0n) is 22.7. The number of ether oxygens (including phenoxy) is 2. The summed E-state index contributed by atoms with van der Waals surface area (Å²) >= 11 is 0. The van der Waals surface area contributed by atoms with Crippen LogP contribution in [0.3, 0.4) is 0 Å². The molecule has 12 heteroatoms. The normalized spacial score (nSPS) is 20.4. The van der Waals surface area contributed by atoms with E-state index in [1.807, 2.05) is 26.4 Å². The molecule has 0 bridgehead atoms. The fraction of sp³-hybridized carbons (Fsp3) is 0.429. The van der Waals surface area contributed by atoms with Gasteiger partial charge in [-0.3, -0.25) is 9.37 Å². The van der Waals surface area contributed by atoms with E-state index in [9.17, 15) is 9.18 Å². The van der Waals surface area contributed by atoms with Crippen molar-refractivity contribution in [2.75, 3.05) is 44.7 Å². The highest BCUT2D eigenvalue weighted by Gasteiger charge is 2.49. The van der Waals surface area contributed by atoms with E-state index in [0.717, 1.165) is 25.9 Å². The maximum absolute atomic E-state index is 13.8. The monoisotopic (exact) mass is 549 g/mol. The van der Waals surface area contributed by atoms with Crippen LogP contribution >= 0.6 is 0 Å². The van der Waals surface area contributed by atoms with Crippen LogP contribution in [0.2, 0.25) is 0 Å². The molecular weight excluding hydrogens is 515 g/mol. The molecule has 1 saturated heterocycles. The molecule has 5 rings (SSSR count). The summed E-state index contributed by atoms with van der Waals surface area (Å²) in [6, 6.07) is 7.74. The Morgan fingerprint density at radius 2 is 1.98 bits per heavy atom. The van der Waals surface area contributed by atoms with Gasteiger partial charge in [0.25, 0.3) is 12.2 Å². The number of carbonyl (C=O) groups excluding carboxylic acids is 1. The Balaban J connectivity index is 1.47. The molecule has 1 fully saturated rings. The molecule has 0 atom stereocenters. The number of benzene rings is 1. The van der Waals surface area contributed by atoms with Crippen LogP contribution in [0.4, 0.5) is 10.3 Å². The Morgan fingerprint density at radius 1 is 1.18 bits per heavy atom. The Labute approximate surface area is 232 Å². The zero-order valence-corrected chi connectivity index (χ0v) is 22.7. The van der Waals surface area contributed by atoms with Crippen LogP contribution in [-0.2, 0) is 20.1 Å². The Kier molecular flexibility index (Phi) is 8.56. The van der Waals surface area contributed by atoms with Crippen molar-refractivity contribution in [3.8, 4) is 22.6 Å². The van der Waals surface area contributed by atoms with Gasteiger partial charge in [0, 0.05) is 37.2 Å². The third-order valence-corrected chi connectivity index (χ3v) is 6.58. The third-order valence-electron chi connectivity index (χ3n) is 6.58. The third kappa shape index (κ3) is 6.07. The van der Waals surface area contributed by atoms with Gasteiger partial charge in [0.15, 0.2) is 12.0 Å². The van der Waals surface area contributed by atoms with Crippen LogP contribution in [-0.4, -0.2) is 82.4 Å². The van der Waals surface area contributed by atoms with E-state index in [4.69, 9.17) is 19.4 Å². The highest BCUT2D eigenvalue weighted by molar-refractivity contribution is 5.86. The molecule has 2 aromatic heterocycles. The van der Waals surface area contributed by atoms with Crippen molar-refractivity contribution in [1.82, 2.24) is 25.3 Å². The summed E-state index contributed by atoms with van der Waals surface area (Å²) in [6.07, 6.45) is 6.99. The van der Waals surface area contributed by atoms with Gasteiger partial charge in [0.05, 0.1) is 36.8 Å². The summed E-state index contributed by atoms with van der Waals surface area (Å²) in [5.41, 5.74) is 2.21. The molecule has 210 valence electrons. The minimum atomic E-state index is -1.75. The number of imidazole rings is 1. The number of halogens is 1. The van der Waals surface area contributed by atoms with Crippen molar-refractivity contribution in [3.63, 3.8) is 0 Å². The first-order valence-electron chi connectivity index (χ1n) is 13.6. The summed E-state index contributed by atoms with van der Waals surface area (Å²) in [6.45, 7) is 7.43. The molecule has 0 spiro atoms. The van der Waals surface area contributed by atoms with Crippen molar-refractivity contribution in [2.45, 2.75) is 32.5 Å². The lowest BCUT2D eigenvalue weighted by molar-refractivity contribution is -0.504. The van der Waals surface area contributed by atoms with Gasteiger partial charge in [-0.2, -0.15) is 0 Å². The van der Waals surface area contributed by atoms with Crippen LogP contribution in [0, 0.1) is 11.7 Å². The molecule has 1 amide bonds. The summed E-state index contributed by atoms with van der Waals surface area (Å²) in [4.78, 5) is 34.6. The lowest BCUT2D eigenvalue weighted by Crippen LogP contribution is -2.53. The fourth-order valence-corrected chi connectivity index (χ4v) is 4.43. The standard InChI is InChI=1S/C28H33FN8O3/c1-3-10-31-26(38)28(39-16-19(2)17-40-28)25-35-23(20-5-7-21(29)8-6-20)24(36-25)22-9-12-33-27(34-22)32-11-4-14-37-15-13-30-18-37/h5-9,12-13,18-19H,3-4,10-11,14-17H2,1-2H3,(H2-,31,32,33,34,35,36,38)/p+1. The summed E-state index contributed by atoms with van der Waals surface area (Å²) in [7, 11) is 0. The minimum Gasteiger partial charge on any atom is -0.354 e. The molecule has 2 aliphatic heterocycles. The van der Waals surface area contributed by atoms with Gasteiger partial charge < -0.3 is 25.1 Å². The number of nitrogens with zero attached hydrogens (tertiary/aromatic N) is 5. The van der Waals surface area contributed by atoms with Gasteiger partial charge in [0.2, 0.25) is 5.95 Å². The number of carbonyl (C=O) groups is 1. The zero-order chi connectivity index (χ0) is 28.0. The van der Waals surface area contributed by atoms with Crippen molar-refractivity contribution < 1.29 is 23.2 Å². The van der Waals surface area contributed by atoms with Gasteiger partial charge in [-0.15, -0.1) is 0 Å². The molecule has 3 N–H and O–H groups in total. The number of aromatic amines is 1. The number of rotatable bonds is 11. The first-order chi connectivity index (χ1) is 19.5. The van der Waals surface area contributed by atoms with Crippen molar-refractivity contribution in [1.29, 1.82) is 0 Å². The molecule has 4 heterocycles.